The lowest BCUT2D eigenvalue weighted by Crippen LogP contribution is -2.53. The van der Waals surface area contributed by atoms with Crippen LogP contribution in [0.15, 0.2) is 79.0 Å². The van der Waals surface area contributed by atoms with E-state index < -0.39 is 134 Å². The highest BCUT2D eigenvalue weighted by Gasteiger charge is 2.31. The van der Waals surface area contributed by atoms with Crippen LogP contribution in [0, 0.1) is 3.57 Å². The molecule has 18 N–H and O–H groups in total. The molecule has 2 heterocycles. The monoisotopic (exact) mass is 2230 g/mol. The number of carboxylic acid groups (broad SMARTS) is 8. The van der Waals surface area contributed by atoms with Gasteiger partial charge >= 0.3 is 59.8 Å². The summed E-state index contributed by atoms with van der Waals surface area (Å²) in [5, 5.41) is 113. The van der Waals surface area contributed by atoms with Crippen molar-refractivity contribution in [2.45, 2.75) is 146 Å². The molecule has 147 heavy (non-hydrogen) atoms. The number of halogens is 1. The molecule has 822 valence electrons. The third-order valence-electron chi connectivity index (χ3n) is 22.1. The summed E-state index contributed by atoms with van der Waals surface area (Å²) in [6.45, 7) is 7.12. The van der Waals surface area contributed by atoms with Crippen LogP contribution in [-0.4, -0.2) is 437 Å². The summed E-state index contributed by atoms with van der Waals surface area (Å²) >= 11 is 13.4. The molecule has 0 saturated carbocycles. The summed E-state index contributed by atoms with van der Waals surface area (Å²) in [6, 6.07) is 15.5. The number of unbranched alkanes of at least 4 members (excludes halogenated alkanes) is 3. The normalized spacial score (nSPS) is 14.1. The molecule has 0 bridgehead atoms. The Kier molecular flexibility index (Phi) is 67.6. The van der Waals surface area contributed by atoms with Crippen molar-refractivity contribution in [2.24, 2.45) is 0 Å². The Balaban J connectivity index is 0.949. The number of urea groups is 2. The number of benzene rings is 3. The van der Waals surface area contributed by atoms with Crippen molar-refractivity contribution in [1.82, 2.24) is 77.1 Å². The number of nitrogens with one attached hydrogen (secondary N) is 10. The number of ether oxygens (including phenoxy) is 11. The van der Waals surface area contributed by atoms with Crippen LogP contribution in [0.1, 0.15) is 107 Å². The second-order valence-corrected chi connectivity index (χ2v) is 36.0. The molecule has 49 nitrogen and oxygen atoms in total. The number of carbonyl (C=O) groups is 13. The Morgan fingerprint density at radius 3 is 1.33 bits per heavy atom. The molecule has 1 aliphatic rings. The number of hydrogen-bond donors (Lipinski definition) is 18. The third-order valence-corrected chi connectivity index (χ3v) is 23.4. The number of aliphatic carboxylic acids is 8. The summed E-state index contributed by atoms with van der Waals surface area (Å²) < 4.78 is 64.5. The molecule has 1 aliphatic heterocycles. The molecule has 1 fully saturated rings. The van der Waals surface area contributed by atoms with Gasteiger partial charge in [0.25, 0.3) is 0 Å². The molecule has 5 atom stereocenters. The summed E-state index contributed by atoms with van der Waals surface area (Å²) in [4.78, 5) is 166. The van der Waals surface area contributed by atoms with Gasteiger partial charge < -0.3 is 146 Å². The average Bonchev–Trinajstić information content (AvgIpc) is 1.65. The first kappa shape index (κ1) is 127. The van der Waals surface area contributed by atoms with Gasteiger partial charge in [0.2, 0.25) is 17.7 Å². The quantitative estimate of drug-likeness (QED) is 0.0172. The van der Waals surface area contributed by atoms with Crippen LogP contribution in [0.3, 0.4) is 0 Å². The maximum absolute atomic E-state index is 13.7. The van der Waals surface area contributed by atoms with E-state index in [9.17, 15) is 98.1 Å². The van der Waals surface area contributed by atoms with Gasteiger partial charge in [-0.05, 0) is 172 Å². The van der Waals surface area contributed by atoms with Gasteiger partial charge in [-0.3, -0.25) is 58.0 Å². The molecule has 5 rings (SSSR count). The van der Waals surface area contributed by atoms with Crippen LogP contribution in [0.2, 0.25) is 0 Å². The van der Waals surface area contributed by atoms with E-state index in [0.29, 0.717) is 152 Å². The van der Waals surface area contributed by atoms with E-state index in [-0.39, 0.29) is 183 Å². The molecule has 0 spiro atoms. The van der Waals surface area contributed by atoms with E-state index in [2.05, 4.69) is 110 Å². The number of carboxylic acids is 8. The summed E-state index contributed by atoms with van der Waals surface area (Å²) in [5.74, 6) is -10.9. The SMILES string of the molecule is O=C(O)CC[C@H](NC(=O)N[C@@H](CCCCNC(=O)Nc1cccc(-c2cn(CCOCCOCCOCCC(=O)N[C@@H](CCCCNC(=S)Nc3ccc(CC4CN(CC(=O)O)CCN(CC(=O)O)CCN(CC(=O)O)CCN4CC(=O)O)cc3)C(=O)NCCOCCOCCOCCOCCOCCOCCOCCOCCC(=O)N[C@@H](CCCCNC(=S)CCCc3ccc(I)cc3)C(=O)O)nn2)c1)C(=O)O)C(=O)O. The number of hydrogen-bond acceptors (Lipinski definition) is 32. The standard InChI is InChI=1S/C95H146IN17O32S2/c96-72-20-16-69(17-21-72)9-7-15-83(146)97-28-4-2-13-77(90(127)128)104-82(115)27-40-136-44-48-140-51-53-142-55-57-144-59-60-145-58-56-143-54-52-141-49-45-137-41-31-98-89(126)76(12-1-6-30-100-95(147)102-73-22-18-70(19-23-73)61-75-63-111(67-87(122)123)35-34-109(65-85(118)119)32-33-110(66-86(120)121)36-37-112(75)68-88(124)125)103-81(114)26-39-135-43-47-139-50-46-138-42-38-113-64-80(107-108-113)71-10-8-11-74(62-71)101-93(133)99-29-5-3-14-78(91(129)130)105-94(134)106-79(92(131)132)24-25-84(116)117/h8,10-11,16-23,62,64,75-79H,1-7,9,12-15,24-61,63,65-68H2,(H,97,146)(H,98,126)(H,103,114)(H,104,115)(H,116,117)(H,118,119)(H,120,121)(H,122,123)(H,124,125)(H,127,128)(H,129,130)(H,131,132)(H2,99,101,133)(H2,100,102,147)(H2,105,106,134)/t75?,76-,77-,78-,79-/m0/s1. The average molecular weight is 2230 g/mol. The zero-order chi connectivity index (χ0) is 107. The Labute approximate surface area is 878 Å². The van der Waals surface area contributed by atoms with Crippen molar-refractivity contribution < 1.29 is 155 Å². The number of anilines is 2. The van der Waals surface area contributed by atoms with Gasteiger partial charge in [-0.25, -0.2) is 28.7 Å². The zero-order valence-corrected chi connectivity index (χ0v) is 86.8. The zero-order valence-electron chi connectivity index (χ0n) is 83.0. The molecule has 1 saturated heterocycles. The Morgan fingerprint density at radius 2 is 0.823 bits per heavy atom. The number of nitrogens with zero attached hydrogens (tertiary/aromatic N) is 7. The Bertz CT molecular complexity index is 4550. The fraction of sp³-hybridized carbons (Fsp3) is 0.632. The number of rotatable bonds is 82. The van der Waals surface area contributed by atoms with Crippen LogP contribution >= 0.6 is 47.0 Å². The minimum Gasteiger partial charge on any atom is -0.481 e. The van der Waals surface area contributed by atoms with E-state index in [4.69, 9.17) is 81.6 Å². The molecule has 0 radical (unpaired) electrons. The largest absolute Gasteiger partial charge is 0.481 e. The van der Waals surface area contributed by atoms with E-state index >= 15 is 0 Å². The molecule has 3 aromatic carbocycles. The smallest absolute Gasteiger partial charge is 0.326 e. The summed E-state index contributed by atoms with van der Waals surface area (Å²) in [6.07, 6.45) is 7.12. The molecule has 1 unspecified atom stereocenters. The van der Waals surface area contributed by atoms with Crippen molar-refractivity contribution in [1.29, 1.82) is 0 Å². The van der Waals surface area contributed by atoms with E-state index in [1.807, 2.05) is 12.1 Å². The first-order valence-corrected chi connectivity index (χ1v) is 50.9. The Hall–Kier alpha value is -10.8. The van der Waals surface area contributed by atoms with E-state index in [1.54, 1.807) is 66.9 Å². The van der Waals surface area contributed by atoms with E-state index in [1.165, 1.54) is 9.13 Å². The molecule has 0 aliphatic carbocycles. The number of aryl methyl sites for hydroxylation is 1. The molecule has 4 aromatic rings. The second-order valence-electron chi connectivity index (χ2n) is 33.9. The van der Waals surface area contributed by atoms with Gasteiger partial charge in [0.05, 0.1) is 189 Å². The number of carbonyl (C=O) groups excluding carboxylic acids is 5. The van der Waals surface area contributed by atoms with Crippen LogP contribution < -0.4 is 53.2 Å². The minimum atomic E-state index is -1.54. The maximum Gasteiger partial charge on any atom is 0.326 e. The van der Waals surface area contributed by atoms with Gasteiger partial charge in [0.1, 0.15) is 29.9 Å². The van der Waals surface area contributed by atoms with Crippen LogP contribution in [-0.2, 0) is 124 Å². The van der Waals surface area contributed by atoms with Gasteiger partial charge in [-0.1, -0.05) is 53.8 Å². The topological polar surface area (TPSA) is 649 Å². The number of amides is 7. The summed E-state index contributed by atoms with van der Waals surface area (Å²) in [7, 11) is 0. The first-order chi connectivity index (χ1) is 70.9. The van der Waals surface area contributed by atoms with Crippen molar-refractivity contribution in [3.05, 3.63) is 93.7 Å². The van der Waals surface area contributed by atoms with Crippen LogP contribution in [0.25, 0.3) is 11.3 Å². The first-order valence-electron chi connectivity index (χ1n) is 49.0. The van der Waals surface area contributed by atoms with Crippen LogP contribution in [0.4, 0.5) is 21.0 Å². The highest BCUT2D eigenvalue weighted by molar-refractivity contribution is 14.1. The highest BCUT2D eigenvalue weighted by Crippen LogP contribution is 2.22. The predicted molar refractivity (Wildman–Crippen MR) is 550 cm³/mol. The Morgan fingerprint density at radius 1 is 0.388 bits per heavy atom. The molecule has 52 heteroatoms. The van der Waals surface area contributed by atoms with Crippen molar-refractivity contribution >= 4 is 146 Å². The number of aromatic nitrogens is 3. The summed E-state index contributed by atoms with van der Waals surface area (Å²) in [5.41, 5.74) is 4.28. The van der Waals surface area contributed by atoms with Crippen LogP contribution in [0.5, 0.6) is 0 Å². The van der Waals surface area contributed by atoms with Crippen molar-refractivity contribution in [2.75, 3.05) is 254 Å². The molecular weight excluding hydrogens is 2080 g/mol. The van der Waals surface area contributed by atoms with E-state index in [0.717, 1.165) is 36.2 Å². The lowest BCUT2D eigenvalue weighted by Gasteiger charge is -2.37. The molecule has 1 aromatic heterocycles. The van der Waals surface area contributed by atoms with Gasteiger partial charge in [0, 0.05) is 118 Å². The maximum atomic E-state index is 13.7. The van der Waals surface area contributed by atoms with Gasteiger partial charge in [-0.2, -0.15) is 0 Å². The van der Waals surface area contributed by atoms with Crippen molar-refractivity contribution in [3.8, 4) is 11.3 Å². The number of thiocarbonyl (C=S) groups is 2. The molecule has 7 amide bonds. The fourth-order valence-corrected chi connectivity index (χ4v) is 15.3. The predicted octanol–water partition coefficient (Wildman–Crippen LogP) is 2.78. The van der Waals surface area contributed by atoms with Gasteiger partial charge in [-0.15, -0.1) is 5.10 Å². The van der Waals surface area contributed by atoms with Gasteiger partial charge in [0.15, 0.2) is 5.11 Å². The highest BCUT2D eigenvalue weighted by atomic mass is 127. The third kappa shape index (κ3) is 63.6. The fourth-order valence-electron chi connectivity index (χ4n) is 14.5. The van der Waals surface area contributed by atoms with Crippen molar-refractivity contribution in [3.63, 3.8) is 0 Å². The lowest BCUT2D eigenvalue weighted by atomic mass is 10.0. The molecular formula is C95H146IN17O32S2. The lowest BCUT2D eigenvalue weighted by molar-refractivity contribution is -0.142. The minimum absolute atomic E-state index is 0.0200. The second kappa shape index (κ2) is 78.4.